The molecule has 7 heteroatoms. The van der Waals surface area contributed by atoms with Crippen LogP contribution in [0.1, 0.15) is 5.56 Å². The standard InChI is InChI=1S/C15H9F3N2O2/c16-15(17,18)11-7-8(5-6-12(11)21)13-9-3-1-2-4-10(9)14(22)20-19-13/h1-7,21H,(H,20,22). The molecular weight excluding hydrogens is 297 g/mol. The Hall–Kier alpha value is -2.83. The van der Waals surface area contributed by atoms with Crippen LogP contribution in [0.5, 0.6) is 5.75 Å². The van der Waals surface area contributed by atoms with Crippen molar-refractivity contribution in [2.24, 2.45) is 0 Å². The summed E-state index contributed by atoms with van der Waals surface area (Å²) in [5, 5.41) is 16.2. The number of aromatic amines is 1. The maximum absolute atomic E-state index is 12.9. The Labute approximate surface area is 121 Å². The third-order valence-electron chi connectivity index (χ3n) is 3.27. The van der Waals surface area contributed by atoms with Crippen LogP contribution in [-0.2, 0) is 6.18 Å². The number of hydrogen-bond acceptors (Lipinski definition) is 3. The second-order valence-corrected chi connectivity index (χ2v) is 4.68. The number of benzene rings is 2. The minimum Gasteiger partial charge on any atom is -0.507 e. The molecule has 0 aliphatic carbocycles. The monoisotopic (exact) mass is 306 g/mol. The first-order valence-corrected chi connectivity index (χ1v) is 6.26. The number of aromatic hydroxyl groups is 1. The maximum Gasteiger partial charge on any atom is 0.419 e. The second-order valence-electron chi connectivity index (χ2n) is 4.68. The fraction of sp³-hybridized carbons (Fsp3) is 0.0667. The van der Waals surface area contributed by atoms with E-state index in [0.717, 1.165) is 12.1 Å². The molecule has 3 aromatic rings. The van der Waals surface area contributed by atoms with Gasteiger partial charge in [0.15, 0.2) is 0 Å². The fourth-order valence-corrected chi connectivity index (χ4v) is 2.25. The van der Waals surface area contributed by atoms with Gasteiger partial charge in [-0.3, -0.25) is 4.79 Å². The number of H-pyrrole nitrogens is 1. The summed E-state index contributed by atoms with van der Waals surface area (Å²) >= 11 is 0. The summed E-state index contributed by atoms with van der Waals surface area (Å²) in [7, 11) is 0. The number of rotatable bonds is 1. The molecule has 1 aromatic heterocycles. The van der Waals surface area contributed by atoms with E-state index in [-0.39, 0.29) is 11.3 Å². The maximum atomic E-state index is 12.9. The Bertz CT molecular complexity index is 917. The molecule has 3 rings (SSSR count). The molecule has 0 unspecified atom stereocenters. The largest absolute Gasteiger partial charge is 0.507 e. The number of phenols is 1. The van der Waals surface area contributed by atoms with Crippen LogP contribution >= 0.6 is 0 Å². The normalized spacial score (nSPS) is 11.8. The lowest BCUT2D eigenvalue weighted by atomic mass is 10.0. The Kier molecular flexibility index (Phi) is 3.13. The van der Waals surface area contributed by atoms with Gasteiger partial charge in [-0.15, -0.1) is 0 Å². The van der Waals surface area contributed by atoms with E-state index in [4.69, 9.17) is 0 Å². The summed E-state index contributed by atoms with van der Waals surface area (Å²) in [5.41, 5.74) is -1.21. The van der Waals surface area contributed by atoms with E-state index in [1.807, 2.05) is 0 Å². The molecule has 22 heavy (non-hydrogen) atoms. The van der Waals surface area contributed by atoms with Gasteiger partial charge in [0, 0.05) is 10.9 Å². The molecular formula is C15H9F3N2O2. The van der Waals surface area contributed by atoms with Gasteiger partial charge >= 0.3 is 6.18 Å². The zero-order valence-electron chi connectivity index (χ0n) is 11.0. The highest BCUT2D eigenvalue weighted by Crippen LogP contribution is 2.38. The lowest BCUT2D eigenvalue weighted by molar-refractivity contribution is -0.138. The van der Waals surface area contributed by atoms with Crippen LogP contribution in [0.3, 0.4) is 0 Å². The topological polar surface area (TPSA) is 66.0 Å². The van der Waals surface area contributed by atoms with Gasteiger partial charge in [-0.05, 0) is 24.3 Å². The third kappa shape index (κ3) is 2.30. The predicted molar refractivity (Wildman–Crippen MR) is 74.5 cm³/mol. The van der Waals surface area contributed by atoms with E-state index in [2.05, 4.69) is 10.2 Å². The molecule has 0 saturated heterocycles. The van der Waals surface area contributed by atoms with Crippen LogP contribution in [0.2, 0.25) is 0 Å². The van der Waals surface area contributed by atoms with Gasteiger partial charge in [-0.1, -0.05) is 18.2 Å². The van der Waals surface area contributed by atoms with Crippen molar-refractivity contribution in [1.82, 2.24) is 10.2 Å². The van der Waals surface area contributed by atoms with E-state index >= 15 is 0 Å². The minimum absolute atomic E-state index is 0.151. The first-order valence-electron chi connectivity index (χ1n) is 6.26. The van der Waals surface area contributed by atoms with Gasteiger partial charge in [0.1, 0.15) is 5.75 Å². The van der Waals surface area contributed by atoms with Gasteiger partial charge in [0.05, 0.1) is 16.6 Å². The fourth-order valence-electron chi connectivity index (χ4n) is 2.25. The molecule has 4 nitrogen and oxygen atoms in total. The van der Waals surface area contributed by atoms with Gasteiger partial charge in [-0.2, -0.15) is 18.3 Å². The third-order valence-corrected chi connectivity index (χ3v) is 3.27. The van der Waals surface area contributed by atoms with Crippen molar-refractivity contribution >= 4 is 10.8 Å². The van der Waals surface area contributed by atoms with Crippen molar-refractivity contribution in [3.8, 4) is 17.0 Å². The molecule has 0 bridgehead atoms. The van der Waals surface area contributed by atoms with Crippen molar-refractivity contribution in [1.29, 1.82) is 0 Å². The Morgan fingerprint density at radius 1 is 1.05 bits per heavy atom. The number of phenolic OH excluding ortho intramolecular Hbond substituents is 1. The minimum atomic E-state index is -4.68. The summed E-state index contributed by atoms with van der Waals surface area (Å²) in [6.45, 7) is 0. The first kappa shape index (κ1) is 14.1. The highest BCUT2D eigenvalue weighted by Gasteiger charge is 2.34. The van der Waals surface area contributed by atoms with Gasteiger partial charge in [-0.25, -0.2) is 5.10 Å². The zero-order chi connectivity index (χ0) is 15.9. The van der Waals surface area contributed by atoms with Crippen LogP contribution in [-0.4, -0.2) is 15.3 Å². The SMILES string of the molecule is O=c1[nH]nc(-c2ccc(O)c(C(F)(F)F)c2)c2ccccc12. The first-order chi connectivity index (χ1) is 10.4. The molecule has 112 valence electrons. The number of halogens is 3. The molecule has 0 aliphatic heterocycles. The molecule has 0 radical (unpaired) electrons. The van der Waals surface area contributed by atoms with E-state index in [1.165, 1.54) is 6.07 Å². The molecule has 0 fully saturated rings. The molecule has 1 heterocycles. The Balaban J connectivity index is 2.29. The van der Waals surface area contributed by atoms with Crippen molar-refractivity contribution in [2.75, 3.05) is 0 Å². The molecule has 2 aromatic carbocycles. The zero-order valence-corrected chi connectivity index (χ0v) is 11.0. The van der Waals surface area contributed by atoms with E-state index < -0.39 is 23.0 Å². The van der Waals surface area contributed by atoms with Crippen molar-refractivity contribution in [3.05, 3.63) is 58.4 Å². The number of aromatic nitrogens is 2. The Morgan fingerprint density at radius 3 is 2.41 bits per heavy atom. The number of nitrogens with zero attached hydrogens (tertiary/aromatic N) is 1. The smallest absolute Gasteiger partial charge is 0.419 e. The molecule has 2 N–H and O–H groups in total. The predicted octanol–water partition coefficient (Wildman–Crippen LogP) is 3.31. The van der Waals surface area contributed by atoms with Crippen LogP contribution < -0.4 is 5.56 Å². The number of alkyl halides is 3. The lowest BCUT2D eigenvalue weighted by Gasteiger charge is -2.11. The van der Waals surface area contributed by atoms with Gasteiger partial charge in [0.2, 0.25) is 0 Å². The summed E-state index contributed by atoms with van der Waals surface area (Å²) < 4.78 is 38.7. The highest BCUT2D eigenvalue weighted by atomic mass is 19.4. The summed E-state index contributed by atoms with van der Waals surface area (Å²) in [4.78, 5) is 11.7. The van der Waals surface area contributed by atoms with E-state index in [0.29, 0.717) is 10.8 Å². The van der Waals surface area contributed by atoms with Gasteiger partial charge in [0.25, 0.3) is 5.56 Å². The number of nitrogens with one attached hydrogen (secondary N) is 1. The van der Waals surface area contributed by atoms with Crippen LogP contribution in [0.4, 0.5) is 13.2 Å². The van der Waals surface area contributed by atoms with Crippen LogP contribution in [0.25, 0.3) is 22.0 Å². The van der Waals surface area contributed by atoms with E-state index in [1.54, 1.807) is 24.3 Å². The van der Waals surface area contributed by atoms with Crippen LogP contribution in [0, 0.1) is 0 Å². The average Bonchev–Trinajstić information content (AvgIpc) is 2.48. The summed E-state index contributed by atoms with van der Waals surface area (Å²) in [5.74, 6) is -0.856. The van der Waals surface area contributed by atoms with Crippen LogP contribution in [0.15, 0.2) is 47.3 Å². The highest BCUT2D eigenvalue weighted by molar-refractivity contribution is 5.93. The van der Waals surface area contributed by atoms with Crippen molar-refractivity contribution in [2.45, 2.75) is 6.18 Å². The molecule has 0 atom stereocenters. The number of hydrogen-bond donors (Lipinski definition) is 2. The van der Waals surface area contributed by atoms with Crippen molar-refractivity contribution < 1.29 is 18.3 Å². The lowest BCUT2D eigenvalue weighted by Crippen LogP contribution is -2.10. The van der Waals surface area contributed by atoms with Crippen molar-refractivity contribution in [3.63, 3.8) is 0 Å². The molecule has 0 amide bonds. The van der Waals surface area contributed by atoms with Gasteiger partial charge < -0.3 is 5.11 Å². The average molecular weight is 306 g/mol. The van der Waals surface area contributed by atoms with E-state index in [9.17, 15) is 23.1 Å². The second kappa shape index (κ2) is 4.87. The summed E-state index contributed by atoms with van der Waals surface area (Å²) in [6.07, 6.45) is -4.68. The quantitative estimate of drug-likeness (QED) is 0.725. The molecule has 0 aliphatic rings. The number of fused-ring (bicyclic) bond motifs is 1. The summed E-state index contributed by atoms with van der Waals surface area (Å²) in [6, 6.07) is 9.56. The molecule has 0 saturated carbocycles. The molecule has 0 spiro atoms. The Morgan fingerprint density at radius 2 is 1.73 bits per heavy atom.